The normalized spacial score (nSPS) is 17.5. The van der Waals surface area contributed by atoms with E-state index in [2.05, 4.69) is 5.32 Å². The van der Waals surface area contributed by atoms with E-state index in [0.29, 0.717) is 11.3 Å². The van der Waals surface area contributed by atoms with Crippen molar-refractivity contribution in [3.05, 3.63) is 23.8 Å². The Kier molecular flexibility index (Phi) is 4.60. The molecule has 1 atom stereocenters. The number of hydrogen-bond donors (Lipinski definition) is 1. The van der Waals surface area contributed by atoms with Gasteiger partial charge >= 0.3 is 5.97 Å². The average molecular weight is 321 g/mol. The molecule has 1 aromatic carbocycles. The van der Waals surface area contributed by atoms with Crippen LogP contribution in [0.1, 0.15) is 38.1 Å². The summed E-state index contributed by atoms with van der Waals surface area (Å²) in [6.07, 6.45) is 0. The molecule has 22 heavy (non-hydrogen) atoms. The first kappa shape index (κ1) is 16.5. The highest BCUT2D eigenvalue weighted by Crippen LogP contribution is 2.36. The van der Waals surface area contributed by atoms with Crippen molar-refractivity contribution in [2.45, 2.75) is 37.8 Å². The Morgan fingerprint density at radius 3 is 2.64 bits per heavy atom. The molecule has 0 bridgehead atoms. The molecule has 0 aromatic heterocycles. The Morgan fingerprint density at radius 2 is 2.00 bits per heavy atom. The summed E-state index contributed by atoms with van der Waals surface area (Å²) in [7, 11) is 0. The molecular formula is C16H19NO4S. The number of amides is 1. The molecule has 1 aromatic rings. The first-order valence-corrected chi connectivity index (χ1v) is 7.88. The lowest BCUT2D eigenvalue weighted by Gasteiger charge is -2.21. The molecule has 0 saturated heterocycles. The summed E-state index contributed by atoms with van der Waals surface area (Å²) >= 11 is 1.44. The predicted molar refractivity (Wildman–Crippen MR) is 85.1 cm³/mol. The molecule has 0 aliphatic carbocycles. The van der Waals surface area contributed by atoms with Gasteiger partial charge in [0.15, 0.2) is 12.4 Å². The zero-order chi connectivity index (χ0) is 16.5. The lowest BCUT2D eigenvalue weighted by atomic mass is 9.91. The maximum Gasteiger partial charge on any atom is 0.338 e. The second-order valence-corrected chi connectivity index (χ2v) is 7.59. The molecule has 1 unspecified atom stereocenters. The molecule has 0 spiro atoms. The van der Waals surface area contributed by atoms with E-state index >= 15 is 0 Å². The van der Waals surface area contributed by atoms with E-state index in [0.717, 1.165) is 4.90 Å². The number of carbonyl (C=O) groups is 3. The monoisotopic (exact) mass is 321 g/mol. The van der Waals surface area contributed by atoms with Gasteiger partial charge in [0.25, 0.3) is 0 Å². The van der Waals surface area contributed by atoms with Crippen molar-refractivity contribution in [1.82, 2.24) is 0 Å². The van der Waals surface area contributed by atoms with Crippen LogP contribution < -0.4 is 5.32 Å². The largest absolute Gasteiger partial charge is 0.454 e. The van der Waals surface area contributed by atoms with Crippen LogP contribution >= 0.6 is 11.8 Å². The Morgan fingerprint density at radius 1 is 1.32 bits per heavy atom. The Balaban J connectivity index is 2.07. The van der Waals surface area contributed by atoms with Gasteiger partial charge in [-0.2, -0.15) is 0 Å². The number of Topliss-reactive ketones (excluding diaryl/α,β-unsaturated/α-hetero) is 1. The zero-order valence-electron chi connectivity index (χ0n) is 13.1. The molecule has 1 N–H and O–H groups in total. The molecule has 1 aliphatic heterocycles. The lowest BCUT2D eigenvalue weighted by Crippen LogP contribution is -2.27. The van der Waals surface area contributed by atoms with Crippen molar-refractivity contribution in [3.8, 4) is 0 Å². The summed E-state index contributed by atoms with van der Waals surface area (Å²) < 4.78 is 5.05. The molecular weight excluding hydrogens is 302 g/mol. The first-order chi connectivity index (χ1) is 10.2. The molecule has 0 fully saturated rings. The topological polar surface area (TPSA) is 72.5 Å². The van der Waals surface area contributed by atoms with E-state index in [4.69, 9.17) is 4.74 Å². The van der Waals surface area contributed by atoms with E-state index < -0.39 is 11.4 Å². The molecule has 5 nitrogen and oxygen atoms in total. The van der Waals surface area contributed by atoms with Crippen molar-refractivity contribution < 1.29 is 19.1 Å². The minimum Gasteiger partial charge on any atom is -0.454 e. The smallest absolute Gasteiger partial charge is 0.338 e. The Hall–Kier alpha value is -1.82. The van der Waals surface area contributed by atoms with Crippen LogP contribution in [0.25, 0.3) is 0 Å². The van der Waals surface area contributed by atoms with Gasteiger partial charge in [0.1, 0.15) is 0 Å². The van der Waals surface area contributed by atoms with Crippen LogP contribution in [-0.2, 0) is 14.3 Å². The number of nitrogens with one attached hydrogen (secondary N) is 1. The Bertz CT molecular complexity index is 634. The summed E-state index contributed by atoms with van der Waals surface area (Å²) in [5.74, 6) is -0.805. The maximum absolute atomic E-state index is 12.0. The highest BCUT2D eigenvalue weighted by atomic mass is 32.2. The van der Waals surface area contributed by atoms with E-state index in [1.807, 2.05) is 6.92 Å². The van der Waals surface area contributed by atoms with Crippen LogP contribution in [0.15, 0.2) is 23.1 Å². The molecule has 1 heterocycles. The quantitative estimate of drug-likeness (QED) is 0.867. The summed E-state index contributed by atoms with van der Waals surface area (Å²) in [6.45, 7) is 6.89. The van der Waals surface area contributed by atoms with Gasteiger partial charge in [-0.05, 0) is 25.1 Å². The Labute approximate surface area is 133 Å². The summed E-state index contributed by atoms with van der Waals surface area (Å²) in [5.41, 5.74) is 0.372. The highest BCUT2D eigenvalue weighted by Gasteiger charge is 2.25. The molecule has 118 valence electrons. The van der Waals surface area contributed by atoms with Crippen LogP contribution in [0.3, 0.4) is 0 Å². The van der Waals surface area contributed by atoms with Crippen LogP contribution in [0.2, 0.25) is 0 Å². The fourth-order valence-corrected chi connectivity index (χ4v) is 2.70. The number of fused-ring (bicyclic) bond motifs is 1. The fourth-order valence-electron chi connectivity index (χ4n) is 1.77. The third-order valence-corrected chi connectivity index (χ3v) is 4.49. The van der Waals surface area contributed by atoms with Gasteiger partial charge < -0.3 is 10.1 Å². The van der Waals surface area contributed by atoms with Gasteiger partial charge in [-0.3, -0.25) is 9.59 Å². The number of ketones is 1. The van der Waals surface area contributed by atoms with Gasteiger partial charge in [-0.15, -0.1) is 11.8 Å². The second kappa shape index (κ2) is 6.12. The van der Waals surface area contributed by atoms with E-state index in [1.165, 1.54) is 11.8 Å². The molecule has 0 saturated carbocycles. The van der Waals surface area contributed by atoms with Gasteiger partial charge in [-0.1, -0.05) is 20.8 Å². The number of benzene rings is 1. The molecule has 1 aliphatic rings. The van der Waals surface area contributed by atoms with E-state index in [1.54, 1.807) is 39.0 Å². The van der Waals surface area contributed by atoms with Gasteiger partial charge in [0.2, 0.25) is 5.91 Å². The van der Waals surface area contributed by atoms with Crippen LogP contribution in [0.5, 0.6) is 0 Å². The van der Waals surface area contributed by atoms with Gasteiger partial charge in [-0.25, -0.2) is 4.79 Å². The van der Waals surface area contributed by atoms with Crippen molar-refractivity contribution in [3.63, 3.8) is 0 Å². The second-order valence-electron chi connectivity index (χ2n) is 6.21. The third kappa shape index (κ3) is 3.68. The van der Waals surface area contributed by atoms with Crippen LogP contribution in [-0.4, -0.2) is 29.5 Å². The van der Waals surface area contributed by atoms with Crippen LogP contribution in [0, 0.1) is 5.41 Å². The van der Waals surface area contributed by atoms with E-state index in [-0.39, 0.29) is 23.5 Å². The molecule has 0 radical (unpaired) electrons. The number of ether oxygens (including phenoxy) is 1. The van der Waals surface area contributed by atoms with Gasteiger partial charge in [0.05, 0.1) is 16.5 Å². The highest BCUT2D eigenvalue weighted by molar-refractivity contribution is 8.00. The number of anilines is 1. The molecule has 1 amide bonds. The number of thioether (sulfide) groups is 1. The van der Waals surface area contributed by atoms with Crippen molar-refractivity contribution in [1.29, 1.82) is 0 Å². The van der Waals surface area contributed by atoms with Crippen molar-refractivity contribution in [2.24, 2.45) is 5.41 Å². The minimum atomic E-state index is -0.571. The fraction of sp³-hybridized carbons (Fsp3) is 0.438. The molecule has 2 rings (SSSR count). The SMILES string of the molecule is CC1Sc2ccc(C(=O)OCC(=O)C(C)(C)C)cc2NC1=O. The van der Waals surface area contributed by atoms with E-state index in [9.17, 15) is 14.4 Å². The maximum atomic E-state index is 12.0. The first-order valence-electron chi connectivity index (χ1n) is 7.00. The summed E-state index contributed by atoms with van der Waals surface area (Å²) in [5, 5.41) is 2.60. The predicted octanol–water partition coefficient (Wildman–Crippen LogP) is 2.89. The zero-order valence-corrected chi connectivity index (χ0v) is 13.9. The van der Waals surface area contributed by atoms with Crippen molar-refractivity contribution in [2.75, 3.05) is 11.9 Å². The number of hydrogen-bond acceptors (Lipinski definition) is 5. The number of rotatable bonds is 3. The number of carbonyl (C=O) groups excluding carboxylic acids is 3. The third-order valence-electron chi connectivity index (χ3n) is 3.32. The van der Waals surface area contributed by atoms with Gasteiger partial charge in [0, 0.05) is 10.3 Å². The van der Waals surface area contributed by atoms with Crippen molar-refractivity contribution >= 4 is 35.1 Å². The number of esters is 1. The summed E-state index contributed by atoms with van der Waals surface area (Å²) in [6, 6.07) is 4.99. The lowest BCUT2D eigenvalue weighted by molar-refractivity contribution is -0.129. The molecule has 6 heteroatoms. The van der Waals surface area contributed by atoms with Crippen LogP contribution in [0.4, 0.5) is 5.69 Å². The summed E-state index contributed by atoms with van der Waals surface area (Å²) in [4.78, 5) is 36.4. The standard InChI is InChI=1S/C16H19NO4S/c1-9-14(19)17-11-7-10(5-6-12(11)22-9)15(20)21-8-13(18)16(2,3)4/h5-7,9H,8H2,1-4H3,(H,17,19). The average Bonchev–Trinajstić information content (AvgIpc) is 2.44. The minimum absolute atomic E-state index is 0.0917.